The molecule has 0 saturated carbocycles. The van der Waals surface area contributed by atoms with Gasteiger partial charge in [-0.15, -0.1) is 0 Å². The molecule has 52 heavy (non-hydrogen) atoms. The Hall–Kier alpha value is -7.11. The van der Waals surface area contributed by atoms with Gasteiger partial charge in [-0.05, 0) is 96.4 Å². The maximum absolute atomic E-state index is 6.51. The average molecular weight is 668 g/mol. The van der Waals surface area contributed by atoms with Crippen LogP contribution in [0.5, 0.6) is 0 Å². The second-order valence-corrected chi connectivity index (χ2v) is 13.2. The van der Waals surface area contributed by atoms with E-state index in [1.165, 1.54) is 16.3 Å². The van der Waals surface area contributed by atoms with Crippen molar-refractivity contribution in [2.24, 2.45) is 0 Å². The molecule has 5 heteroatoms. The summed E-state index contributed by atoms with van der Waals surface area (Å²) < 4.78 is 15.1. The van der Waals surface area contributed by atoms with Gasteiger partial charge in [-0.2, -0.15) is 0 Å². The number of aromatic nitrogens is 2. The molecule has 0 bridgehead atoms. The molecule has 0 fully saturated rings. The van der Waals surface area contributed by atoms with E-state index in [0.717, 1.165) is 77.6 Å². The van der Waals surface area contributed by atoms with Crippen LogP contribution in [0.3, 0.4) is 0 Å². The third-order valence-corrected chi connectivity index (χ3v) is 10.2. The highest BCUT2D eigenvalue weighted by Crippen LogP contribution is 2.43. The predicted octanol–water partition coefficient (Wildman–Crippen LogP) is 13.1. The van der Waals surface area contributed by atoms with Gasteiger partial charge in [0.25, 0.3) is 0 Å². The molecule has 11 aromatic rings. The van der Waals surface area contributed by atoms with Gasteiger partial charge in [0, 0.05) is 55.2 Å². The van der Waals surface area contributed by atoms with E-state index >= 15 is 0 Å². The van der Waals surface area contributed by atoms with Crippen molar-refractivity contribution < 1.29 is 8.83 Å². The van der Waals surface area contributed by atoms with Crippen molar-refractivity contribution in [1.29, 1.82) is 0 Å². The topological polar surface area (TPSA) is 47.3 Å². The van der Waals surface area contributed by atoms with Crippen molar-refractivity contribution >= 4 is 82.7 Å². The van der Waals surface area contributed by atoms with Crippen molar-refractivity contribution in [3.05, 3.63) is 176 Å². The van der Waals surface area contributed by atoms with E-state index in [2.05, 4.69) is 137 Å². The molecule has 0 amide bonds. The molecule has 0 spiro atoms. The third-order valence-electron chi connectivity index (χ3n) is 10.2. The first-order valence-electron chi connectivity index (χ1n) is 17.5. The van der Waals surface area contributed by atoms with Gasteiger partial charge in [0.2, 0.25) is 5.89 Å². The third kappa shape index (κ3) is 4.39. The van der Waals surface area contributed by atoms with Crippen LogP contribution >= 0.6 is 0 Å². The molecule has 0 saturated heterocycles. The number of benzene rings is 8. The zero-order valence-electron chi connectivity index (χ0n) is 27.9. The predicted molar refractivity (Wildman–Crippen MR) is 213 cm³/mol. The molecule has 0 N–H and O–H groups in total. The van der Waals surface area contributed by atoms with E-state index in [1.54, 1.807) is 0 Å². The Kier molecular flexibility index (Phi) is 6.18. The Morgan fingerprint density at radius 2 is 1.06 bits per heavy atom. The summed E-state index contributed by atoms with van der Waals surface area (Å²) in [6.07, 6.45) is 0. The van der Waals surface area contributed by atoms with Crippen LogP contribution in [0.1, 0.15) is 0 Å². The Morgan fingerprint density at radius 3 is 1.90 bits per heavy atom. The summed E-state index contributed by atoms with van der Waals surface area (Å²) in [6, 6.07) is 61.6. The highest BCUT2D eigenvalue weighted by Gasteiger charge is 2.20. The highest BCUT2D eigenvalue weighted by molar-refractivity contribution is 6.12. The van der Waals surface area contributed by atoms with Gasteiger partial charge in [0.05, 0.1) is 11.0 Å². The number of para-hydroxylation sites is 3. The molecule has 244 valence electrons. The number of furan rings is 1. The first-order valence-corrected chi connectivity index (χ1v) is 17.5. The molecule has 0 radical (unpaired) electrons. The second kappa shape index (κ2) is 11.2. The van der Waals surface area contributed by atoms with E-state index in [4.69, 9.17) is 13.8 Å². The molecule has 0 aliphatic rings. The number of rotatable bonds is 5. The molecule has 0 unspecified atom stereocenters. The maximum Gasteiger partial charge on any atom is 0.227 e. The van der Waals surface area contributed by atoms with E-state index in [-0.39, 0.29) is 0 Å². The van der Waals surface area contributed by atoms with Crippen molar-refractivity contribution in [3.8, 4) is 17.1 Å². The van der Waals surface area contributed by atoms with E-state index in [1.807, 2.05) is 48.5 Å². The SMILES string of the molecule is c1ccc(-c2nc3ccc4ccc(N(c5ccc6oc7ccccc7c6c5)c5ccc6c(c5)c5ccccc5n6-c5ccccc5)cc4c3o2)cc1. The summed E-state index contributed by atoms with van der Waals surface area (Å²) in [5, 5.41) is 6.65. The van der Waals surface area contributed by atoms with Crippen LogP contribution in [0.15, 0.2) is 185 Å². The maximum atomic E-state index is 6.51. The van der Waals surface area contributed by atoms with Gasteiger partial charge in [-0.25, -0.2) is 4.98 Å². The average Bonchev–Trinajstić information content (AvgIpc) is 3.91. The van der Waals surface area contributed by atoms with Crippen LogP contribution in [-0.4, -0.2) is 9.55 Å². The Bertz CT molecular complexity index is 3140. The molecule has 0 aliphatic carbocycles. The lowest BCUT2D eigenvalue weighted by atomic mass is 10.1. The minimum atomic E-state index is 0.614. The Morgan fingerprint density at radius 1 is 0.442 bits per heavy atom. The number of anilines is 3. The summed E-state index contributed by atoms with van der Waals surface area (Å²) in [6.45, 7) is 0. The fourth-order valence-corrected chi connectivity index (χ4v) is 7.79. The lowest BCUT2D eigenvalue weighted by Gasteiger charge is -2.26. The lowest BCUT2D eigenvalue weighted by molar-refractivity contribution is 0.623. The largest absolute Gasteiger partial charge is 0.456 e. The van der Waals surface area contributed by atoms with Crippen molar-refractivity contribution in [1.82, 2.24) is 9.55 Å². The number of hydrogen-bond acceptors (Lipinski definition) is 4. The standard InChI is InChI=1S/C47H29N3O2/c1-3-11-31(12-4-1)47-48-41-24-20-30-19-21-33(27-38(30)46(41)52-47)49(35-23-26-45-40(29-35)37-16-8-10-18-44(37)51-45)34-22-25-43-39(28-34)36-15-7-9-17-42(36)50(43)32-13-5-2-6-14-32/h1-29H. The molecule has 5 nitrogen and oxygen atoms in total. The normalized spacial score (nSPS) is 11.8. The van der Waals surface area contributed by atoms with Gasteiger partial charge < -0.3 is 18.3 Å². The molecular formula is C47H29N3O2. The summed E-state index contributed by atoms with van der Waals surface area (Å²) in [4.78, 5) is 7.21. The van der Waals surface area contributed by atoms with Gasteiger partial charge in [0.15, 0.2) is 5.58 Å². The van der Waals surface area contributed by atoms with E-state index in [0.29, 0.717) is 5.89 Å². The van der Waals surface area contributed by atoms with E-state index in [9.17, 15) is 0 Å². The van der Waals surface area contributed by atoms with Crippen LogP contribution in [0, 0.1) is 0 Å². The monoisotopic (exact) mass is 667 g/mol. The lowest BCUT2D eigenvalue weighted by Crippen LogP contribution is -2.10. The number of fused-ring (bicyclic) bond motifs is 9. The van der Waals surface area contributed by atoms with Crippen LogP contribution < -0.4 is 4.90 Å². The zero-order valence-corrected chi connectivity index (χ0v) is 27.9. The Labute approximate surface area is 298 Å². The van der Waals surface area contributed by atoms with Crippen LogP contribution in [-0.2, 0) is 0 Å². The first kappa shape index (κ1) is 28.7. The van der Waals surface area contributed by atoms with Crippen molar-refractivity contribution in [2.45, 2.75) is 0 Å². The van der Waals surface area contributed by atoms with Gasteiger partial charge in [-0.1, -0.05) is 84.9 Å². The molecule has 3 heterocycles. The smallest absolute Gasteiger partial charge is 0.227 e. The fourth-order valence-electron chi connectivity index (χ4n) is 7.79. The van der Waals surface area contributed by atoms with Crippen LogP contribution in [0.4, 0.5) is 17.1 Å². The van der Waals surface area contributed by atoms with Crippen molar-refractivity contribution in [2.75, 3.05) is 4.90 Å². The molecule has 11 rings (SSSR count). The minimum absolute atomic E-state index is 0.614. The second-order valence-electron chi connectivity index (χ2n) is 13.2. The summed E-state index contributed by atoms with van der Waals surface area (Å²) in [5.41, 5.74) is 10.8. The molecule has 0 aliphatic heterocycles. The van der Waals surface area contributed by atoms with Crippen LogP contribution in [0.2, 0.25) is 0 Å². The molecule has 8 aromatic carbocycles. The van der Waals surface area contributed by atoms with Gasteiger partial charge >= 0.3 is 0 Å². The number of oxazole rings is 1. The Balaban J connectivity index is 1.16. The molecule has 3 aromatic heterocycles. The zero-order chi connectivity index (χ0) is 34.2. The quantitative estimate of drug-likeness (QED) is 0.183. The fraction of sp³-hybridized carbons (Fsp3) is 0. The molecular weight excluding hydrogens is 639 g/mol. The summed E-state index contributed by atoms with van der Waals surface area (Å²) in [7, 11) is 0. The number of nitrogens with zero attached hydrogens (tertiary/aromatic N) is 3. The summed E-state index contributed by atoms with van der Waals surface area (Å²) >= 11 is 0. The summed E-state index contributed by atoms with van der Waals surface area (Å²) in [5.74, 6) is 0.614. The number of hydrogen-bond donors (Lipinski definition) is 0. The highest BCUT2D eigenvalue weighted by atomic mass is 16.3. The molecule has 0 atom stereocenters. The van der Waals surface area contributed by atoms with Gasteiger partial charge in [-0.3, -0.25) is 0 Å². The minimum Gasteiger partial charge on any atom is -0.456 e. The van der Waals surface area contributed by atoms with Crippen LogP contribution in [0.25, 0.3) is 82.8 Å². The van der Waals surface area contributed by atoms with Crippen molar-refractivity contribution in [3.63, 3.8) is 0 Å². The van der Waals surface area contributed by atoms with E-state index < -0.39 is 0 Å². The van der Waals surface area contributed by atoms with Gasteiger partial charge in [0.1, 0.15) is 16.7 Å². The first-order chi connectivity index (χ1) is 25.8.